The van der Waals surface area contributed by atoms with E-state index in [4.69, 9.17) is 0 Å². The highest BCUT2D eigenvalue weighted by atomic mass is 32.2. The van der Waals surface area contributed by atoms with E-state index in [1.54, 1.807) is 16.4 Å². The number of hydrogen-bond donors (Lipinski definition) is 1. The lowest BCUT2D eigenvalue weighted by atomic mass is 10.0. The largest absolute Gasteiger partial charge is 0.298 e. The van der Waals surface area contributed by atoms with Gasteiger partial charge in [-0.1, -0.05) is 24.6 Å². The van der Waals surface area contributed by atoms with E-state index < -0.39 is 10.0 Å². The van der Waals surface area contributed by atoms with Crippen molar-refractivity contribution in [3.05, 3.63) is 64.5 Å². The molecule has 2 aromatic carbocycles. The molecule has 1 N–H and O–H groups in total. The average Bonchev–Trinajstić information content (AvgIpc) is 3.23. The highest BCUT2D eigenvalue weighted by Gasteiger charge is 2.28. The third kappa shape index (κ3) is 4.77. The number of nitrogens with one attached hydrogen (secondary N) is 1. The molecule has 1 aliphatic heterocycles. The number of sulfonamides is 1. The first-order valence-electron chi connectivity index (χ1n) is 10.7. The van der Waals surface area contributed by atoms with Crippen molar-refractivity contribution in [2.24, 2.45) is 5.92 Å². The van der Waals surface area contributed by atoms with Gasteiger partial charge in [0.2, 0.25) is 10.0 Å². The number of piperidine rings is 1. The van der Waals surface area contributed by atoms with Crippen molar-refractivity contribution in [3.63, 3.8) is 0 Å². The molecule has 8 heteroatoms. The van der Waals surface area contributed by atoms with Crippen LogP contribution in [0.3, 0.4) is 0 Å². The number of carbonyl (C=O) groups is 1. The standard InChI is InChI=1S/C24H27N3O3S2/c1-16-6-7-18(3)21(13-16)22-15-31-24(25-22)26-23(28)19-8-10-20(11-9-19)32(29,30)27-12-4-5-17(2)14-27/h6-11,13,15,17H,4-5,12,14H2,1-3H3,(H,25,26,28)/t17-/m0/s1. The van der Waals surface area contributed by atoms with Crippen LogP contribution in [0.1, 0.15) is 41.3 Å². The van der Waals surface area contributed by atoms with E-state index in [0.717, 1.165) is 35.2 Å². The molecule has 0 radical (unpaired) electrons. The molecule has 1 aromatic heterocycles. The van der Waals surface area contributed by atoms with Crippen LogP contribution in [0.5, 0.6) is 0 Å². The van der Waals surface area contributed by atoms with Gasteiger partial charge < -0.3 is 0 Å². The second-order valence-electron chi connectivity index (χ2n) is 8.45. The number of aryl methyl sites for hydroxylation is 2. The molecule has 168 valence electrons. The van der Waals surface area contributed by atoms with Crippen LogP contribution in [0, 0.1) is 19.8 Å². The molecule has 0 aliphatic carbocycles. The van der Waals surface area contributed by atoms with Gasteiger partial charge in [-0.3, -0.25) is 10.1 Å². The summed E-state index contributed by atoms with van der Waals surface area (Å²) in [5, 5.41) is 5.25. The van der Waals surface area contributed by atoms with Crippen LogP contribution < -0.4 is 5.32 Å². The van der Waals surface area contributed by atoms with Crippen molar-refractivity contribution in [1.82, 2.24) is 9.29 Å². The third-order valence-corrected chi connectivity index (χ3v) is 8.40. The fourth-order valence-corrected chi connectivity index (χ4v) is 6.23. The second kappa shape index (κ2) is 9.13. The van der Waals surface area contributed by atoms with Gasteiger partial charge in [0.15, 0.2) is 5.13 Å². The van der Waals surface area contributed by atoms with E-state index in [0.29, 0.717) is 29.7 Å². The molecule has 0 saturated carbocycles. The van der Waals surface area contributed by atoms with Crippen molar-refractivity contribution >= 4 is 32.4 Å². The van der Waals surface area contributed by atoms with Crippen LogP contribution in [0.25, 0.3) is 11.3 Å². The Bertz CT molecular complexity index is 1230. The maximum atomic E-state index is 12.9. The summed E-state index contributed by atoms with van der Waals surface area (Å²) in [4.78, 5) is 17.5. The molecule has 0 bridgehead atoms. The lowest BCUT2D eigenvalue weighted by Gasteiger charge is -2.30. The smallest absolute Gasteiger partial charge is 0.257 e. The van der Waals surface area contributed by atoms with Gasteiger partial charge in [0.1, 0.15) is 0 Å². The van der Waals surface area contributed by atoms with Crippen molar-refractivity contribution in [2.75, 3.05) is 18.4 Å². The Hall–Kier alpha value is -2.55. The van der Waals surface area contributed by atoms with Gasteiger partial charge in [-0.25, -0.2) is 13.4 Å². The summed E-state index contributed by atoms with van der Waals surface area (Å²) in [7, 11) is -3.54. The van der Waals surface area contributed by atoms with E-state index in [1.165, 1.54) is 23.5 Å². The summed E-state index contributed by atoms with van der Waals surface area (Å²) in [6.45, 7) is 7.22. The monoisotopic (exact) mass is 469 g/mol. The first-order chi connectivity index (χ1) is 15.2. The number of carbonyl (C=O) groups excluding carboxylic acids is 1. The third-order valence-electron chi connectivity index (χ3n) is 5.77. The minimum Gasteiger partial charge on any atom is -0.298 e. The summed E-state index contributed by atoms with van der Waals surface area (Å²) in [6.07, 6.45) is 1.92. The zero-order valence-corrected chi connectivity index (χ0v) is 20.1. The molecule has 1 fully saturated rings. The first-order valence-corrected chi connectivity index (χ1v) is 13.0. The predicted molar refractivity (Wildman–Crippen MR) is 129 cm³/mol. The van der Waals surface area contributed by atoms with Crippen molar-refractivity contribution in [1.29, 1.82) is 0 Å². The van der Waals surface area contributed by atoms with Crippen molar-refractivity contribution in [3.8, 4) is 11.3 Å². The Morgan fingerprint density at radius 1 is 1.16 bits per heavy atom. The number of rotatable bonds is 5. The van der Waals surface area contributed by atoms with Crippen LogP contribution in [-0.2, 0) is 10.0 Å². The number of hydrogen-bond acceptors (Lipinski definition) is 5. The van der Waals surface area contributed by atoms with Gasteiger partial charge in [0, 0.05) is 29.6 Å². The molecule has 2 heterocycles. The van der Waals surface area contributed by atoms with Gasteiger partial charge in [0.25, 0.3) is 5.91 Å². The Balaban J connectivity index is 1.47. The topological polar surface area (TPSA) is 79.4 Å². The lowest BCUT2D eigenvalue weighted by Crippen LogP contribution is -2.39. The predicted octanol–water partition coefficient (Wildman–Crippen LogP) is 5.10. The second-order valence-corrected chi connectivity index (χ2v) is 11.2. The molecule has 3 aromatic rings. The van der Waals surface area contributed by atoms with Gasteiger partial charge >= 0.3 is 0 Å². The molecule has 4 rings (SSSR count). The fraction of sp³-hybridized carbons (Fsp3) is 0.333. The minimum absolute atomic E-state index is 0.217. The molecule has 0 unspecified atom stereocenters. The summed E-state index contributed by atoms with van der Waals surface area (Å²) >= 11 is 1.36. The first kappa shape index (κ1) is 22.6. The maximum absolute atomic E-state index is 12.9. The highest BCUT2D eigenvalue weighted by molar-refractivity contribution is 7.89. The van der Waals surface area contributed by atoms with E-state index in [2.05, 4.69) is 35.4 Å². The van der Waals surface area contributed by atoms with Gasteiger partial charge in [-0.15, -0.1) is 11.3 Å². The summed E-state index contributed by atoms with van der Waals surface area (Å²) in [5.74, 6) is 0.0396. The maximum Gasteiger partial charge on any atom is 0.257 e. The Kier molecular flexibility index (Phi) is 6.46. The molecular formula is C24H27N3O3S2. The van der Waals surface area contributed by atoms with Crippen LogP contribution in [0.2, 0.25) is 0 Å². The zero-order chi connectivity index (χ0) is 22.9. The van der Waals surface area contributed by atoms with Crippen LogP contribution in [-0.4, -0.2) is 36.7 Å². The fourth-order valence-electron chi connectivity index (χ4n) is 3.93. The van der Waals surface area contributed by atoms with Crippen molar-refractivity contribution in [2.45, 2.75) is 38.5 Å². The van der Waals surface area contributed by atoms with E-state index in [9.17, 15) is 13.2 Å². The van der Waals surface area contributed by atoms with Crippen LogP contribution >= 0.6 is 11.3 Å². The van der Waals surface area contributed by atoms with Crippen molar-refractivity contribution < 1.29 is 13.2 Å². The Labute approximate surface area is 193 Å². The quantitative estimate of drug-likeness (QED) is 0.564. The number of thiazole rings is 1. The summed E-state index contributed by atoms with van der Waals surface area (Å²) < 4.78 is 27.4. The molecule has 32 heavy (non-hydrogen) atoms. The summed E-state index contributed by atoms with van der Waals surface area (Å²) in [5.41, 5.74) is 4.53. The summed E-state index contributed by atoms with van der Waals surface area (Å²) in [6, 6.07) is 12.3. The van der Waals surface area contributed by atoms with Gasteiger partial charge in [-0.05, 0) is 68.5 Å². The Morgan fingerprint density at radius 3 is 2.62 bits per heavy atom. The van der Waals surface area contributed by atoms with Gasteiger partial charge in [-0.2, -0.15) is 4.31 Å². The molecule has 1 aliphatic rings. The molecule has 6 nitrogen and oxygen atoms in total. The minimum atomic E-state index is -3.54. The van der Waals surface area contributed by atoms with Gasteiger partial charge in [0.05, 0.1) is 10.6 Å². The zero-order valence-electron chi connectivity index (χ0n) is 18.5. The number of benzene rings is 2. The normalized spacial score (nSPS) is 17.3. The molecule has 0 spiro atoms. The highest BCUT2D eigenvalue weighted by Crippen LogP contribution is 2.29. The van der Waals surface area contributed by atoms with E-state index in [-0.39, 0.29) is 10.8 Å². The number of amides is 1. The lowest BCUT2D eigenvalue weighted by molar-refractivity contribution is 0.102. The SMILES string of the molecule is Cc1ccc(C)c(-c2csc(NC(=O)c3ccc(S(=O)(=O)N4CCC[C@H](C)C4)cc3)n2)c1. The Morgan fingerprint density at radius 2 is 1.91 bits per heavy atom. The number of aromatic nitrogens is 1. The molecular weight excluding hydrogens is 442 g/mol. The average molecular weight is 470 g/mol. The number of nitrogens with zero attached hydrogens (tertiary/aromatic N) is 2. The molecule has 1 atom stereocenters. The van der Waals surface area contributed by atoms with Crippen LogP contribution in [0.15, 0.2) is 52.7 Å². The van der Waals surface area contributed by atoms with E-state index >= 15 is 0 Å². The van der Waals surface area contributed by atoms with E-state index in [1.807, 2.05) is 19.2 Å². The molecule has 1 amide bonds. The van der Waals surface area contributed by atoms with Crippen LogP contribution in [0.4, 0.5) is 5.13 Å². The number of anilines is 1. The molecule has 1 saturated heterocycles.